The number of methoxy groups -OCH3 is 1. The molecule has 3 aromatic carbocycles. The lowest BCUT2D eigenvalue weighted by molar-refractivity contribution is 0.102. The van der Waals surface area contributed by atoms with Crippen LogP contribution >= 0.6 is 0 Å². The molecule has 0 bridgehead atoms. The zero-order valence-electron chi connectivity index (χ0n) is 17.8. The van der Waals surface area contributed by atoms with E-state index in [1.807, 2.05) is 75.4 Å². The third kappa shape index (κ3) is 4.92. The lowest BCUT2D eigenvalue weighted by atomic mass is 10.1. The standard InChI is InChI=1S/C25H27NO4/c1-5-29-21-14-13-19(25(27)26-24-17(2)9-8-10-18(24)3)15-20(21)16-30-23-12-7-6-11-22(23)28-4/h6-15H,5,16H2,1-4H3,(H,26,27). The van der Waals surface area contributed by atoms with Crippen LogP contribution in [0.2, 0.25) is 0 Å². The summed E-state index contributed by atoms with van der Waals surface area (Å²) in [5.41, 5.74) is 4.21. The molecule has 0 heterocycles. The fourth-order valence-electron chi connectivity index (χ4n) is 3.22. The molecule has 0 saturated heterocycles. The highest BCUT2D eigenvalue weighted by molar-refractivity contribution is 6.05. The summed E-state index contributed by atoms with van der Waals surface area (Å²) < 4.78 is 17.0. The van der Waals surface area contributed by atoms with Crippen molar-refractivity contribution in [2.24, 2.45) is 0 Å². The molecular weight excluding hydrogens is 378 g/mol. The van der Waals surface area contributed by atoms with E-state index in [9.17, 15) is 4.79 Å². The molecule has 0 saturated carbocycles. The van der Waals surface area contributed by atoms with Crippen molar-refractivity contribution in [2.75, 3.05) is 19.0 Å². The monoisotopic (exact) mass is 405 g/mol. The van der Waals surface area contributed by atoms with Crippen molar-refractivity contribution in [1.82, 2.24) is 0 Å². The van der Waals surface area contributed by atoms with Gasteiger partial charge in [0, 0.05) is 16.8 Å². The summed E-state index contributed by atoms with van der Waals surface area (Å²) in [4.78, 5) is 12.9. The highest BCUT2D eigenvalue weighted by Gasteiger charge is 2.14. The predicted octanol–water partition coefficient (Wildman–Crippen LogP) is 5.54. The van der Waals surface area contributed by atoms with Gasteiger partial charge in [0.25, 0.3) is 5.91 Å². The Balaban J connectivity index is 1.84. The number of benzene rings is 3. The summed E-state index contributed by atoms with van der Waals surface area (Å²) in [6, 6.07) is 18.8. The Morgan fingerprint density at radius 1 is 0.867 bits per heavy atom. The van der Waals surface area contributed by atoms with Crippen molar-refractivity contribution in [1.29, 1.82) is 0 Å². The SMILES string of the molecule is CCOc1ccc(C(=O)Nc2c(C)cccc2C)cc1COc1ccccc1OC. The number of carbonyl (C=O) groups is 1. The molecule has 0 unspecified atom stereocenters. The predicted molar refractivity (Wildman–Crippen MR) is 119 cm³/mol. The third-order valence-corrected chi connectivity index (χ3v) is 4.79. The van der Waals surface area contributed by atoms with Crippen LogP contribution in [0.5, 0.6) is 17.2 Å². The number of para-hydroxylation sites is 3. The van der Waals surface area contributed by atoms with Gasteiger partial charge in [0.05, 0.1) is 13.7 Å². The van der Waals surface area contributed by atoms with Crippen LogP contribution in [0.25, 0.3) is 0 Å². The van der Waals surface area contributed by atoms with Gasteiger partial charge in [0.15, 0.2) is 11.5 Å². The Bertz CT molecular complexity index is 1010. The highest BCUT2D eigenvalue weighted by atomic mass is 16.5. The van der Waals surface area contributed by atoms with Crippen LogP contribution in [0, 0.1) is 13.8 Å². The van der Waals surface area contributed by atoms with Gasteiger partial charge in [-0.2, -0.15) is 0 Å². The third-order valence-electron chi connectivity index (χ3n) is 4.79. The van der Waals surface area contributed by atoms with Gasteiger partial charge in [0.2, 0.25) is 0 Å². The van der Waals surface area contributed by atoms with E-state index in [-0.39, 0.29) is 12.5 Å². The topological polar surface area (TPSA) is 56.8 Å². The first-order valence-corrected chi connectivity index (χ1v) is 9.92. The minimum atomic E-state index is -0.172. The van der Waals surface area contributed by atoms with Gasteiger partial charge in [-0.05, 0) is 62.2 Å². The summed E-state index contributed by atoms with van der Waals surface area (Å²) in [6.45, 7) is 6.66. The number of hydrogen-bond donors (Lipinski definition) is 1. The molecular formula is C25H27NO4. The van der Waals surface area contributed by atoms with Gasteiger partial charge in [-0.3, -0.25) is 4.79 Å². The first-order valence-electron chi connectivity index (χ1n) is 9.92. The molecule has 0 radical (unpaired) electrons. The van der Waals surface area contributed by atoms with E-state index in [0.717, 1.165) is 22.4 Å². The van der Waals surface area contributed by atoms with Gasteiger partial charge in [-0.15, -0.1) is 0 Å². The largest absolute Gasteiger partial charge is 0.493 e. The fraction of sp³-hybridized carbons (Fsp3) is 0.240. The van der Waals surface area contributed by atoms with Crippen LogP contribution in [0.4, 0.5) is 5.69 Å². The fourth-order valence-corrected chi connectivity index (χ4v) is 3.22. The minimum absolute atomic E-state index is 0.172. The molecule has 0 aliphatic carbocycles. The zero-order chi connectivity index (χ0) is 21.5. The molecule has 1 N–H and O–H groups in total. The van der Waals surface area contributed by atoms with E-state index >= 15 is 0 Å². The first kappa shape index (κ1) is 21.2. The normalized spacial score (nSPS) is 10.4. The van der Waals surface area contributed by atoms with Crippen molar-refractivity contribution in [2.45, 2.75) is 27.4 Å². The Kier molecular flexibility index (Phi) is 6.96. The molecule has 3 aromatic rings. The van der Waals surface area contributed by atoms with Gasteiger partial charge < -0.3 is 19.5 Å². The molecule has 3 rings (SSSR count). The summed E-state index contributed by atoms with van der Waals surface area (Å²) in [6.07, 6.45) is 0. The molecule has 1 amide bonds. The second kappa shape index (κ2) is 9.83. The van der Waals surface area contributed by atoms with Crippen molar-refractivity contribution in [3.05, 3.63) is 82.9 Å². The Morgan fingerprint density at radius 2 is 1.57 bits per heavy atom. The Morgan fingerprint density at radius 3 is 2.23 bits per heavy atom. The number of rotatable bonds is 8. The Hall–Kier alpha value is -3.47. The van der Waals surface area contributed by atoms with Crippen LogP contribution in [-0.2, 0) is 6.61 Å². The first-order chi connectivity index (χ1) is 14.5. The summed E-state index contributed by atoms with van der Waals surface area (Å²) in [5, 5.41) is 3.02. The van der Waals surface area contributed by atoms with E-state index < -0.39 is 0 Å². The van der Waals surface area contributed by atoms with Crippen molar-refractivity contribution in [3.63, 3.8) is 0 Å². The summed E-state index contributed by atoms with van der Waals surface area (Å²) >= 11 is 0. The van der Waals surface area contributed by atoms with E-state index in [1.54, 1.807) is 13.2 Å². The number of ether oxygens (including phenoxy) is 3. The number of hydrogen-bond acceptors (Lipinski definition) is 4. The van der Waals surface area contributed by atoms with Crippen LogP contribution in [-0.4, -0.2) is 19.6 Å². The summed E-state index contributed by atoms with van der Waals surface area (Å²) in [7, 11) is 1.60. The van der Waals surface area contributed by atoms with Crippen LogP contribution < -0.4 is 19.5 Å². The second-order valence-corrected chi connectivity index (χ2v) is 6.92. The van der Waals surface area contributed by atoms with Crippen LogP contribution in [0.3, 0.4) is 0 Å². The Labute approximate surface area is 177 Å². The lowest BCUT2D eigenvalue weighted by Crippen LogP contribution is -2.14. The average Bonchev–Trinajstić information content (AvgIpc) is 2.76. The molecule has 0 aromatic heterocycles. The van der Waals surface area contributed by atoms with Gasteiger partial charge >= 0.3 is 0 Å². The smallest absolute Gasteiger partial charge is 0.255 e. The molecule has 30 heavy (non-hydrogen) atoms. The summed E-state index contributed by atoms with van der Waals surface area (Å²) in [5.74, 6) is 1.80. The van der Waals surface area contributed by atoms with Crippen molar-refractivity contribution >= 4 is 11.6 Å². The molecule has 5 heteroatoms. The lowest BCUT2D eigenvalue weighted by Gasteiger charge is -2.15. The number of amides is 1. The van der Waals surface area contributed by atoms with Crippen LogP contribution in [0.1, 0.15) is 34.0 Å². The van der Waals surface area contributed by atoms with Crippen molar-refractivity contribution in [3.8, 4) is 17.2 Å². The maximum absolute atomic E-state index is 12.9. The molecule has 0 fully saturated rings. The number of nitrogens with one attached hydrogen (secondary N) is 1. The maximum Gasteiger partial charge on any atom is 0.255 e. The molecule has 0 atom stereocenters. The van der Waals surface area contributed by atoms with Crippen molar-refractivity contribution < 1.29 is 19.0 Å². The van der Waals surface area contributed by atoms with Gasteiger partial charge in [-0.25, -0.2) is 0 Å². The number of carbonyl (C=O) groups excluding carboxylic acids is 1. The molecule has 5 nitrogen and oxygen atoms in total. The van der Waals surface area contributed by atoms with E-state index in [2.05, 4.69) is 5.32 Å². The number of anilines is 1. The quantitative estimate of drug-likeness (QED) is 0.534. The average molecular weight is 405 g/mol. The van der Waals surface area contributed by atoms with E-state index in [1.165, 1.54) is 0 Å². The van der Waals surface area contributed by atoms with E-state index in [4.69, 9.17) is 14.2 Å². The maximum atomic E-state index is 12.9. The second-order valence-electron chi connectivity index (χ2n) is 6.92. The minimum Gasteiger partial charge on any atom is -0.493 e. The van der Waals surface area contributed by atoms with Gasteiger partial charge in [-0.1, -0.05) is 30.3 Å². The van der Waals surface area contributed by atoms with E-state index in [0.29, 0.717) is 29.4 Å². The molecule has 0 spiro atoms. The van der Waals surface area contributed by atoms with Gasteiger partial charge in [0.1, 0.15) is 12.4 Å². The zero-order valence-corrected chi connectivity index (χ0v) is 17.8. The number of aryl methyl sites for hydroxylation is 2. The highest BCUT2D eigenvalue weighted by Crippen LogP contribution is 2.29. The molecule has 156 valence electrons. The molecule has 0 aliphatic rings. The molecule has 0 aliphatic heterocycles. The van der Waals surface area contributed by atoms with Crippen LogP contribution in [0.15, 0.2) is 60.7 Å².